The van der Waals surface area contributed by atoms with Crippen LogP contribution in [0.5, 0.6) is 0 Å². The number of carbonyl (C=O) groups excluding carboxylic acids is 1. The van der Waals surface area contributed by atoms with Crippen LogP contribution < -0.4 is 10.6 Å². The molecule has 0 aromatic heterocycles. The molecule has 1 aliphatic heterocycles. The average molecular weight is 393 g/mol. The number of sulfone groups is 1. The molecule has 1 aromatic carbocycles. The van der Waals surface area contributed by atoms with Crippen molar-refractivity contribution in [3.05, 3.63) is 34.3 Å². The Morgan fingerprint density at radius 2 is 2.00 bits per heavy atom. The summed E-state index contributed by atoms with van der Waals surface area (Å²) in [5, 5.41) is 6.80. The van der Waals surface area contributed by atoms with Gasteiger partial charge in [0.05, 0.1) is 6.04 Å². The number of benzene rings is 1. The molecule has 5 nitrogen and oxygen atoms in total. The Hall–Kier alpha value is -0.820. The molecule has 1 unspecified atom stereocenters. The molecule has 0 saturated carbocycles. The van der Waals surface area contributed by atoms with Crippen molar-refractivity contribution in [2.45, 2.75) is 36.5 Å². The second kappa shape index (κ2) is 7.20. The van der Waals surface area contributed by atoms with E-state index in [9.17, 15) is 13.2 Å². The van der Waals surface area contributed by atoms with E-state index < -0.39 is 14.6 Å². The molecule has 1 saturated heterocycles. The maximum Gasteiger partial charge on any atom is 0.242 e. The van der Waals surface area contributed by atoms with Crippen LogP contribution in [0.3, 0.4) is 0 Å². The van der Waals surface area contributed by atoms with Crippen molar-refractivity contribution in [1.29, 1.82) is 0 Å². The van der Waals surface area contributed by atoms with Gasteiger partial charge < -0.3 is 10.6 Å². The molecular weight excluding hydrogens is 371 g/mol. The van der Waals surface area contributed by atoms with E-state index in [2.05, 4.69) is 10.6 Å². The lowest BCUT2D eigenvalue weighted by atomic mass is 9.95. The molecule has 0 spiro atoms. The number of rotatable bonds is 3. The first-order valence-corrected chi connectivity index (χ1v) is 10.1. The van der Waals surface area contributed by atoms with Crippen molar-refractivity contribution in [3.8, 4) is 0 Å². The third kappa shape index (κ3) is 3.29. The van der Waals surface area contributed by atoms with Crippen molar-refractivity contribution >= 4 is 39.8 Å². The summed E-state index contributed by atoms with van der Waals surface area (Å²) in [4.78, 5) is 12.9. The fraction of sp³-hybridized carbons (Fsp3) is 0.562. The molecule has 8 heteroatoms. The summed E-state index contributed by atoms with van der Waals surface area (Å²) in [7, 11) is -3.49. The van der Waals surface area contributed by atoms with Crippen molar-refractivity contribution in [2.75, 3.05) is 19.3 Å². The smallest absolute Gasteiger partial charge is 0.242 e. The largest absolute Gasteiger partial charge is 0.348 e. The third-order valence-electron chi connectivity index (χ3n) is 5.05. The maximum atomic E-state index is 12.9. The highest BCUT2D eigenvalue weighted by Gasteiger charge is 2.49. The standard InChI is InChI=1S/C16H21ClN2O3S.ClH/c1-23(21,22)16(7-9-18-10-8-16)15(20)19-14-6-5-11-12(14)3-2-4-13(11)17;/h2-4,14,18H,5-10H2,1H3,(H,19,20);1H. The van der Waals surface area contributed by atoms with Crippen LogP contribution in [0.15, 0.2) is 18.2 Å². The van der Waals surface area contributed by atoms with E-state index in [0.29, 0.717) is 31.0 Å². The Morgan fingerprint density at radius 1 is 1.33 bits per heavy atom. The monoisotopic (exact) mass is 392 g/mol. The van der Waals surface area contributed by atoms with Gasteiger partial charge in [0.15, 0.2) is 14.6 Å². The number of hydrogen-bond acceptors (Lipinski definition) is 4. The fourth-order valence-corrected chi connectivity index (χ4v) is 5.26. The quantitative estimate of drug-likeness (QED) is 0.824. The average Bonchev–Trinajstić information content (AvgIpc) is 2.91. The molecule has 1 atom stereocenters. The first-order valence-electron chi connectivity index (χ1n) is 7.84. The predicted octanol–water partition coefficient (Wildman–Crippen LogP) is 2.03. The number of carbonyl (C=O) groups is 1. The SMILES string of the molecule is CS(=O)(=O)C1(C(=O)NC2CCc3c(Cl)cccc32)CCNCC1.Cl. The Bertz CT molecular complexity index is 731. The fourth-order valence-electron chi connectivity index (χ4n) is 3.65. The highest BCUT2D eigenvalue weighted by Crippen LogP contribution is 2.37. The van der Waals surface area contributed by atoms with Crippen molar-refractivity contribution in [2.24, 2.45) is 0 Å². The molecule has 1 aromatic rings. The van der Waals surface area contributed by atoms with Crippen LogP contribution in [0.4, 0.5) is 0 Å². The molecule has 1 fully saturated rings. The van der Waals surface area contributed by atoms with Gasteiger partial charge in [-0.1, -0.05) is 23.7 Å². The van der Waals surface area contributed by atoms with Crippen molar-refractivity contribution in [3.63, 3.8) is 0 Å². The van der Waals surface area contributed by atoms with Crippen LogP contribution in [-0.2, 0) is 21.1 Å². The summed E-state index contributed by atoms with van der Waals surface area (Å²) in [6.07, 6.45) is 3.34. The van der Waals surface area contributed by atoms with Gasteiger partial charge in [-0.15, -0.1) is 12.4 Å². The Kier molecular flexibility index (Phi) is 5.85. The summed E-state index contributed by atoms with van der Waals surface area (Å²) < 4.78 is 23.3. The van der Waals surface area contributed by atoms with Crippen LogP contribution in [0, 0.1) is 0 Å². The van der Waals surface area contributed by atoms with E-state index in [0.717, 1.165) is 30.2 Å². The lowest BCUT2D eigenvalue weighted by Crippen LogP contribution is -2.57. The summed E-state index contributed by atoms with van der Waals surface area (Å²) >= 11 is 6.20. The van der Waals surface area contributed by atoms with E-state index in [1.165, 1.54) is 0 Å². The second-order valence-corrected chi connectivity index (χ2v) is 9.12. The topological polar surface area (TPSA) is 75.3 Å². The third-order valence-corrected chi connectivity index (χ3v) is 7.42. The van der Waals surface area contributed by atoms with E-state index in [1.807, 2.05) is 18.2 Å². The molecular formula is C16H22Cl2N2O3S. The predicted molar refractivity (Wildman–Crippen MR) is 97.6 cm³/mol. The minimum atomic E-state index is -3.49. The van der Waals surface area contributed by atoms with Gasteiger partial charge in [-0.2, -0.15) is 0 Å². The van der Waals surface area contributed by atoms with E-state index in [1.54, 1.807) is 0 Å². The van der Waals surface area contributed by atoms with Gasteiger partial charge in [0.25, 0.3) is 0 Å². The van der Waals surface area contributed by atoms with Crippen LogP contribution in [-0.4, -0.2) is 38.4 Å². The highest BCUT2D eigenvalue weighted by molar-refractivity contribution is 7.92. The Balaban J connectivity index is 0.00000208. The molecule has 1 aliphatic carbocycles. The van der Waals surface area contributed by atoms with Crippen molar-refractivity contribution < 1.29 is 13.2 Å². The van der Waals surface area contributed by atoms with E-state index in [4.69, 9.17) is 11.6 Å². The number of amides is 1. The van der Waals surface area contributed by atoms with Crippen LogP contribution >= 0.6 is 24.0 Å². The van der Waals surface area contributed by atoms with Gasteiger partial charge in [0, 0.05) is 11.3 Å². The lowest BCUT2D eigenvalue weighted by molar-refractivity contribution is -0.125. The Labute approximate surface area is 153 Å². The summed E-state index contributed by atoms with van der Waals surface area (Å²) in [6.45, 7) is 1.07. The number of nitrogens with one attached hydrogen (secondary N) is 2. The van der Waals surface area contributed by atoms with Gasteiger partial charge in [-0.25, -0.2) is 8.42 Å². The summed E-state index contributed by atoms with van der Waals surface area (Å²) in [5.74, 6) is -0.376. The first-order chi connectivity index (χ1) is 10.8. The second-order valence-electron chi connectivity index (χ2n) is 6.39. The van der Waals surface area contributed by atoms with Gasteiger partial charge in [0.2, 0.25) is 5.91 Å². The molecule has 2 aliphatic rings. The Morgan fingerprint density at radius 3 is 2.62 bits per heavy atom. The molecule has 1 heterocycles. The number of piperidine rings is 1. The zero-order chi connectivity index (χ0) is 16.7. The summed E-state index contributed by atoms with van der Waals surface area (Å²) in [6, 6.07) is 5.50. The molecule has 2 N–H and O–H groups in total. The van der Waals surface area contributed by atoms with E-state index >= 15 is 0 Å². The maximum absolute atomic E-state index is 12.9. The van der Waals surface area contributed by atoms with Crippen LogP contribution in [0.2, 0.25) is 5.02 Å². The van der Waals surface area contributed by atoms with Gasteiger partial charge in [0.1, 0.15) is 0 Å². The molecule has 0 bridgehead atoms. The first kappa shape index (κ1) is 19.5. The molecule has 1 amide bonds. The minimum absolute atomic E-state index is 0. The van der Waals surface area contributed by atoms with Crippen LogP contribution in [0.25, 0.3) is 0 Å². The molecule has 3 rings (SSSR count). The number of halogens is 2. The zero-order valence-corrected chi connectivity index (χ0v) is 15.9. The molecule has 0 radical (unpaired) electrons. The van der Waals surface area contributed by atoms with Gasteiger partial charge >= 0.3 is 0 Å². The normalized spacial score (nSPS) is 22.3. The zero-order valence-electron chi connectivity index (χ0n) is 13.5. The number of hydrogen-bond donors (Lipinski definition) is 2. The van der Waals surface area contributed by atoms with Crippen molar-refractivity contribution in [1.82, 2.24) is 10.6 Å². The number of fused-ring (bicyclic) bond motifs is 1. The van der Waals surface area contributed by atoms with E-state index in [-0.39, 0.29) is 24.4 Å². The summed E-state index contributed by atoms with van der Waals surface area (Å²) in [5.41, 5.74) is 2.06. The highest BCUT2D eigenvalue weighted by atomic mass is 35.5. The minimum Gasteiger partial charge on any atom is -0.348 e. The van der Waals surface area contributed by atoms with Gasteiger partial charge in [-0.3, -0.25) is 4.79 Å². The molecule has 134 valence electrons. The lowest BCUT2D eigenvalue weighted by Gasteiger charge is -2.35. The van der Waals surface area contributed by atoms with Crippen LogP contribution in [0.1, 0.15) is 36.4 Å². The molecule has 24 heavy (non-hydrogen) atoms. The van der Waals surface area contributed by atoms with Gasteiger partial charge in [-0.05, 0) is 56.0 Å².